The third-order valence-corrected chi connectivity index (χ3v) is 6.63. The highest BCUT2D eigenvalue weighted by molar-refractivity contribution is 7.98. The number of morpholine rings is 1. The number of carbonyl (C=O) groups is 1. The van der Waals surface area contributed by atoms with Crippen LogP contribution in [0.25, 0.3) is 22.6 Å². The standard InChI is InChI=1S/C25H28N6O2S/c1-16-15-33-10-9-31(16)23-12-22(18-11-21(34-2)14-26-13-18)29-24(30-23)17-3-5-19(6-4-17)27-25(32)28-20-7-8-20/h3-6,11-14,16,20H,7-10,15H2,1-2H3,(H2,27,28,32). The number of ether oxygens (including phenoxy) is 1. The molecule has 1 aliphatic carbocycles. The van der Waals surface area contributed by atoms with Crippen molar-refractivity contribution in [3.63, 3.8) is 0 Å². The third kappa shape index (κ3) is 5.31. The lowest BCUT2D eigenvalue weighted by Crippen LogP contribution is -2.44. The normalized spacial score (nSPS) is 17.9. The smallest absolute Gasteiger partial charge is 0.319 e. The highest BCUT2D eigenvalue weighted by Gasteiger charge is 2.24. The van der Waals surface area contributed by atoms with Crippen LogP contribution >= 0.6 is 11.8 Å². The SMILES string of the molecule is CSc1cncc(-c2cc(N3CCOCC3C)nc(-c3ccc(NC(=O)NC4CC4)cc3)n2)c1. The number of rotatable bonds is 6. The van der Waals surface area contributed by atoms with Gasteiger partial charge in [0.2, 0.25) is 0 Å². The quantitative estimate of drug-likeness (QED) is 0.508. The first-order valence-corrected chi connectivity index (χ1v) is 12.7. The molecule has 34 heavy (non-hydrogen) atoms. The highest BCUT2D eigenvalue weighted by atomic mass is 32.2. The molecule has 0 bridgehead atoms. The Kier molecular flexibility index (Phi) is 6.64. The van der Waals surface area contributed by atoms with Gasteiger partial charge in [-0.05, 0) is 56.4 Å². The van der Waals surface area contributed by atoms with E-state index in [0.29, 0.717) is 25.1 Å². The van der Waals surface area contributed by atoms with Gasteiger partial charge in [-0.2, -0.15) is 0 Å². The van der Waals surface area contributed by atoms with Crippen molar-refractivity contribution in [3.05, 3.63) is 48.8 Å². The second kappa shape index (κ2) is 9.99. The maximum absolute atomic E-state index is 12.1. The van der Waals surface area contributed by atoms with Gasteiger partial charge in [0.25, 0.3) is 0 Å². The zero-order valence-corrected chi connectivity index (χ0v) is 20.1. The number of urea groups is 1. The summed E-state index contributed by atoms with van der Waals surface area (Å²) in [4.78, 5) is 29.6. The summed E-state index contributed by atoms with van der Waals surface area (Å²) < 4.78 is 5.63. The summed E-state index contributed by atoms with van der Waals surface area (Å²) in [6.07, 6.45) is 7.84. The van der Waals surface area contributed by atoms with Crippen molar-refractivity contribution in [2.24, 2.45) is 0 Å². The van der Waals surface area contributed by atoms with Gasteiger partial charge in [0, 0.05) is 52.8 Å². The fourth-order valence-corrected chi connectivity index (χ4v) is 4.29. The maximum atomic E-state index is 12.1. The molecule has 2 N–H and O–H groups in total. The van der Waals surface area contributed by atoms with Crippen molar-refractivity contribution in [1.82, 2.24) is 20.3 Å². The van der Waals surface area contributed by atoms with E-state index in [-0.39, 0.29) is 12.1 Å². The lowest BCUT2D eigenvalue weighted by molar-refractivity contribution is 0.0985. The number of aromatic nitrogens is 3. The van der Waals surface area contributed by atoms with E-state index >= 15 is 0 Å². The van der Waals surface area contributed by atoms with Crippen molar-refractivity contribution >= 4 is 29.3 Å². The van der Waals surface area contributed by atoms with Crippen LogP contribution < -0.4 is 15.5 Å². The summed E-state index contributed by atoms with van der Waals surface area (Å²) in [5.74, 6) is 1.51. The van der Waals surface area contributed by atoms with Crippen molar-refractivity contribution in [3.8, 4) is 22.6 Å². The molecule has 5 rings (SSSR count). The largest absolute Gasteiger partial charge is 0.377 e. The molecule has 9 heteroatoms. The summed E-state index contributed by atoms with van der Waals surface area (Å²) in [5, 5.41) is 5.82. The van der Waals surface area contributed by atoms with Gasteiger partial charge in [-0.25, -0.2) is 14.8 Å². The molecule has 3 heterocycles. The van der Waals surface area contributed by atoms with E-state index in [1.807, 2.05) is 49.0 Å². The molecule has 1 saturated carbocycles. The van der Waals surface area contributed by atoms with E-state index in [1.54, 1.807) is 11.8 Å². The van der Waals surface area contributed by atoms with Gasteiger partial charge < -0.3 is 20.3 Å². The Morgan fingerprint density at radius 1 is 1.12 bits per heavy atom. The maximum Gasteiger partial charge on any atom is 0.319 e. The number of nitrogens with one attached hydrogen (secondary N) is 2. The van der Waals surface area contributed by atoms with Gasteiger partial charge in [0.05, 0.1) is 24.9 Å². The fraction of sp³-hybridized carbons (Fsp3) is 0.360. The summed E-state index contributed by atoms with van der Waals surface area (Å²) >= 11 is 1.65. The number of anilines is 2. The Bertz CT molecular complexity index is 1170. The van der Waals surface area contributed by atoms with E-state index < -0.39 is 0 Å². The van der Waals surface area contributed by atoms with Crippen molar-refractivity contribution in [1.29, 1.82) is 0 Å². The molecule has 176 valence electrons. The van der Waals surface area contributed by atoms with Crippen molar-refractivity contribution in [2.45, 2.75) is 36.7 Å². The molecule has 0 radical (unpaired) electrons. The molecule has 2 amide bonds. The molecule has 2 aromatic heterocycles. The molecule has 2 fully saturated rings. The Morgan fingerprint density at radius 3 is 2.68 bits per heavy atom. The summed E-state index contributed by atoms with van der Waals surface area (Å²) in [6.45, 7) is 4.26. The number of benzene rings is 1. The molecule has 1 unspecified atom stereocenters. The van der Waals surface area contributed by atoms with Crippen LogP contribution in [-0.4, -0.2) is 59.1 Å². The zero-order valence-electron chi connectivity index (χ0n) is 19.3. The van der Waals surface area contributed by atoms with Crippen molar-refractivity contribution in [2.75, 3.05) is 36.2 Å². The van der Waals surface area contributed by atoms with Gasteiger partial charge >= 0.3 is 6.03 Å². The van der Waals surface area contributed by atoms with Gasteiger partial charge in [-0.3, -0.25) is 4.98 Å². The van der Waals surface area contributed by atoms with Gasteiger partial charge in [0.15, 0.2) is 5.82 Å². The Hall–Kier alpha value is -3.17. The van der Waals surface area contributed by atoms with Crippen LogP contribution in [0.5, 0.6) is 0 Å². The first-order chi connectivity index (χ1) is 16.6. The lowest BCUT2D eigenvalue weighted by atomic mass is 10.1. The van der Waals surface area contributed by atoms with E-state index in [1.165, 1.54) is 0 Å². The van der Waals surface area contributed by atoms with Crippen LogP contribution in [0.3, 0.4) is 0 Å². The number of thioether (sulfide) groups is 1. The average molecular weight is 477 g/mol. The van der Waals surface area contributed by atoms with Crippen LogP contribution in [0.2, 0.25) is 0 Å². The van der Waals surface area contributed by atoms with Crippen molar-refractivity contribution < 1.29 is 9.53 Å². The Balaban J connectivity index is 1.47. The van der Waals surface area contributed by atoms with Gasteiger partial charge in [0.1, 0.15) is 5.82 Å². The summed E-state index contributed by atoms with van der Waals surface area (Å²) in [5.41, 5.74) is 3.39. The predicted molar refractivity (Wildman–Crippen MR) is 135 cm³/mol. The van der Waals surface area contributed by atoms with Crippen LogP contribution in [-0.2, 0) is 4.74 Å². The molecule has 1 aromatic carbocycles. The zero-order chi connectivity index (χ0) is 23.5. The number of amides is 2. The molecule has 1 aliphatic heterocycles. The van der Waals surface area contributed by atoms with Crippen LogP contribution in [0.15, 0.2) is 53.7 Å². The molecule has 1 atom stereocenters. The predicted octanol–water partition coefficient (Wildman–Crippen LogP) is 4.44. The number of pyridine rings is 1. The average Bonchev–Trinajstić information content (AvgIpc) is 3.68. The highest BCUT2D eigenvalue weighted by Crippen LogP contribution is 2.29. The molecule has 0 spiro atoms. The molecular weight excluding hydrogens is 448 g/mol. The first kappa shape index (κ1) is 22.6. The molecule has 8 nitrogen and oxygen atoms in total. The van der Waals surface area contributed by atoms with Gasteiger partial charge in [-0.15, -0.1) is 11.8 Å². The first-order valence-electron chi connectivity index (χ1n) is 11.5. The number of hydrogen-bond donors (Lipinski definition) is 2. The lowest BCUT2D eigenvalue weighted by Gasteiger charge is -2.34. The minimum Gasteiger partial charge on any atom is -0.377 e. The Morgan fingerprint density at radius 2 is 1.94 bits per heavy atom. The number of nitrogens with zero attached hydrogens (tertiary/aromatic N) is 4. The monoisotopic (exact) mass is 476 g/mol. The van der Waals surface area contributed by atoms with Crippen LogP contribution in [0.4, 0.5) is 16.3 Å². The van der Waals surface area contributed by atoms with E-state index in [2.05, 4.69) is 33.5 Å². The molecule has 2 aliphatic rings. The number of hydrogen-bond acceptors (Lipinski definition) is 7. The second-order valence-corrected chi connectivity index (χ2v) is 9.50. The Labute approximate surface area is 203 Å². The summed E-state index contributed by atoms with van der Waals surface area (Å²) in [6, 6.07) is 12.1. The fourth-order valence-electron chi connectivity index (χ4n) is 3.88. The van der Waals surface area contributed by atoms with E-state index in [0.717, 1.165) is 52.6 Å². The summed E-state index contributed by atoms with van der Waals surface area (Å²) in [7, 11) is 0. The molecular formula is C25H28N6O2S. The van der Waals surface area contributed by atoms with E-state index in [4.69, 9.17) is 14.7 Å². The minimum atomic E-state index is -0.168. The topological polar surface area (TPSA) is 92.3 Å². The van der Waals surface area contributed by atoms with Gasteiger partial charge in [-0.1, -0.05) is 0 Å². The molecule has 1 saturated heterocycles. The number of carbonyl (C=O) groups excluding carboxylic acids is 1. The van der Waals surface area contributed by atoms with E-state index in [9.17, 15) is 4.79 Å². The third-order valence-electron chi connectivity index (χ3n) is 5.93. The molecule has 3 aromatic rings. The van der Waals surface area contributed by atoms with Crippen LogP contribution in [0.1, 0.15) is 19.8 Å². The minimum absolute atomic E-state index is 0.168. The van der Waals surface area contributed by atoms with Crippen LogP contribution in [0, 0.1) is 0 Å². The second-order valence-electron chi connectivity index (χ2n) is 8.62.